The van der Waals surface area contributed by atoms with Gasteiger partial charge in [-0.2, -0.15) is 10.2 Å². The standard InChI is InChI=1S/C29H30N4O5/c1-19(15-25(34)37-3)32-17-23(21-11-7-5-8-12-21)27(30-32)29(36)28-24(22-13-9-6-10-14-22)18-33(31-28)20(2)16-26(35)38-4/h5-16,23-24H,17-18H2,1-4H3/b19-15+,20-16+. The number of hydrogen-bond donors (Lipinski definition) is 0. The van der Waals surface area contributed by atoms with Gasteiger partial charge in [-0.25, -0.2) is 9.59 Å². The van der Waals surface area contributed by atoms with Gasteiger partial charge >= 0.3 is 11.9 Å². The van der Waals surface area contributed by atoms with Crippen molar-refractivity contribution in [2.24, 2.45) is 10.2 Å². The molecule has 2 aliphatic rings. The minimum atomic E-state index is -0.499. The first kappa shape index (κ1) is 26.5. The van der Waals surface area contributed by atoms with Gasteiger partial charge in [0.1, 0.15) is 11.4 Å². The van der Waals surface area contributed by atoms with Crippen LogP contribution in [-0.4, -0.2) is 66.5 Å². The molecule has 0 fully saturated rings. The number of benzene rings is 2. The number of hydrogen-bond acceptors (Lipinski definition) is 9. The van der Waals surface area contributed by atoms with Gasteiger partial charge < -0.3 is 9.47 Å². The van der Waals surface area contributed by atoms with Crippen molar-refractivity contribution in [1.29, 1.82) is 0 Å². The summed E-state index contributed by atoms with van der Waals surface area (Å²) in [7, 11) is 2.62. The van der Waals surface area contributed by atoms with E-state index in [0.717, 1.165) is 11.1 Å². The van der Waals surface area contributed by atoms with Crippen molar-refractivity contribution in [3.8, 4) is 0 Å². The maximum Gasteiger partial charge on any atom is 0.332 e. The van der Waals surface area contributed by atoms with E-state index < -0.39 is 11.9 Å². The molecule has 2 heterocycles. The largest absolute Gasteiger partial charge is 0.466 e. The molecule has 4 rings (SSSR count). The fourth-order valence-electron chi connectivity index (χ4n) is 4.49. The first-order valence-electron chi connectivity index (χ1n) is 12.2. The average Bonchev–Trinajstić information content (AvgIpc) is 3.59. The van der Waals surface area contributed by atoms with Crippen LogP contribution in [0.15, 0.2) is 94.4 Å². The quantitative estimate of drug-likeness (QED) is 0.392. The van der Waals surface area contributed by atoms with E-state index in [0.29, 0.717) is 35.9 Å². The van der Waals surface area contributed by atoms with E-state index in [9.17, 15) is 14.4 Å². The Morgan fingerprint density at radius 2 is 1.08 bits per heavy atom. The number of esters is 2. The first-order chi connectivity index (χ1) is 18.3. The minimum absolute atomic E-state index is 0.283. The van der Waals surface area contributed by atoms with Crippen molar-refractivity contribution in [2.75, 3.05) is 27.3 Å². The number of Topliss-reactive ketones (excluding diaryl/α,β-unsaturated/α-hetero) is 1. The number of methoxy groups -OCH3 is 2. The Hall–Kier alpha value is -4.53. The molecule has 0 saturated heterocycles. The average molecular weight is 515 g/mol. The van der Waals surface area contributed by atoms with Gasteiger partial charge in [0.05, 0.1) is 39.1 Å². The van der Waals surface area contributed by atoms with Gasteiger partial charge in [-0.3, -0.25) is 14.8 Å². The summed E-state index contributed by atoms with van der Waals surface area (Å²) < 4.78 is 9.52. The van der Waals surface area contributed by atoms with E-state index in [4.69, 9.17) is 9.47 Å². The number of nitrogens with zero attached hydrogens (tertiary/aromatic N) is 4. The Balaban J connectivity index is 1.76. The molecule has 0 N–H and O–H groups in total. The topological polar surface area (TPSA) is 101 Å². The molecule has 0 bridgehead atoms. The van der Waals surface area contributed by atoms with E-state index in [1.807, 2.05) is 60.7 Å². The number of ether oxygens (including phenoxy) is 2. The Morgan fingerprint density at radius 3 is 1.42 bits per heavy atom. The summed E-state index contributed by atoms with van der Waals surface area (Å²) in [5.74, 6) is -1.94. The van der Waals surface area contributed by atoms with Crippen molar-refractivity contribution in [1.82, 2.24) is 10.0 Å². The molecule has 0 amide bonds. The molecule has 0 radical (unpaired) electrons. The van der Waals surface area contributed by atoms with Gasteiger partial charge in [0.25, 0.3) is 0 Å². The second-order valence-electron chi connectivity index (χ2n) is 9.01. The fraction of sp³-hybridized carbons (Fsp3) is 0.276. The highest BCUT2D eigenvalue weighted by Crippen LogP contribution is 2.33. The number of hydrazone groups is 2. The van der Waals surface area contributed by atoms with Crippen LogP contribution >= 0.6 is 0 Å². The summed E-state index contributed by atoms with van der Waals surface area (Å²) in [4.78, 5) is 37.9. The zero-order valence-corrected chi connectivity index (χ0v) is 21.8. The summed E-state index contributed by atoms with van der Waals surface area (Å²) in [5, 5.41) is 12.6. The fourth-order valence-corrected chi connectivity index (χ4v) is 4.49. The zero-order chi connectivity index (χ0) is 27.2. The van der Waals surface area contributed by atoms with E-state index >= 15 is 0 Å². The number of carbonyl (C=O) groups excluding carboxylic acids is 3. The van der Waals surface area contributed by atoms with Gasteiger partial charge in [-0.05, 0) is 25.0 Å². The Labute approximate surface area is 221 Å². The molecular formula is C29H30N4O5. The smallest absolute Gasteiger partial charge is 0.332 e. The molecule has 9 heteroatoms. The molecule has 2 unspecified atom stereocenters. The van der Waals surface area contributed by atoms with Gasteiger partial charge in [-0.1, -0.05) is 60.7 Å². The lowest BCUT2D eigenvalue weighted by atomic mass is 9.86. The molecule has 2 aromatic carbocycles. The Kier molecular flexibility index (Phi) is 8.15. The van der Waals surface area contributed by atoms with Gasteiger partial charge in [0.2, 0.25) is 5.78 Å². The molecule has 0 aromatic heterocycles. The predicted octanol–water partition coefficient (Wildman–Crippen LogP) is 3.62. The van der Waals surface area contributed by atoms with Crippen LogP contribution in [0, 0.1) is 0 Å². The monoisotopic (exact) mass is 514 g/mol. The molecule has 2 aromatic rings. The normalized spacial score (nSPS) is 19.7. The number of carbonyl (C=O) groups is 3. The van der Waals surface area contributed by atoms with Crippen molar-refractivity contribution in [2.45, 2.75) is 25.7 Å². The van der Waals surface area contributed by atoms with E-state index in [2.05, 4.69) is 10.2 Å². The van der Waals surface area contributed by atoms with E-state index in [1.165, 1.54) is 26.4 Å². The lowest BCUT2D eigenvalue weighted by molar-refractivity contribution is -0.135. The highest BCUT2D eigenvalue weighted by Gasteiger charge is 2.41. The lowest BCUT2D eigenvalue weighted by Crippen LogP contribution is -2.31. The van der Waals surface area contributed by atoms with Gasteiger partial charge in [0, 0.05) is 23.5 Å². The van der Waals surface area contributed by atoms with Crippen LogP contribution in [0.25, 0.3) is 0 Å². The van der Waals surface area contributed by atoms with E-state index in [1.54, 1.807) is 23.9 Å². The summed E-state index contributed by atoms with van der Waals surface area (Å²) in [6.45, 7) is 4.27. The van der Waals surface area contributed by atoms with Crippen molar-refractivity contribution < 1.29 is 23.9 Å². The third-order valence-electron chi connectivity index (χ3n) is 6.57. The van der Waals surface area contributed by atoms with Crippen molar-refractivity contribution in [3.63, 3.8) is 0 Å². The number of allylic oxidation sites excluding steroid dienone is 2. The molecule has 2 aliphatic heterocycles. The van der Waals surface area contributed by atoms with Crippen LogP contribution in [0.1, 0.15) is 36.8 Å². The summed E-state index contributed by atoms with van der Waals surface area (Å²) in [5.41, 5.74) is 3.66. The maximum atomic E-state index is 14.2. The second-order valence-corrected chi connectivity index (χ2v) is 9.01. The molecule has 2 atom stereocenters. The van der Waals surface area contributed by atoms with Gasteiger partial charge in [-0.15, -0.1) is 0 Å². The van der Waals surface area contributed by atoms with E-state index in [-0.39, 0.29) is 17.6 Å². The highest BCUT2D eigenvalue weighted by molar-refractivity contribution is 6.68. The molecule has 38 heavy (non-hydrogen) atoms. The zero-order valence-electron chi connectivity index (χ0n) is 21.8. The minimum Gasteiger partial charge on any atom is -0.466 e. The number of ketones is 1. The van der Waals surface area contributed by atoms with Crippen LogP contribution in [0.4, 0.5) is 0 Å². The maximum absolute atomic E-state index is 14.2. The van der Waals surface area contributed by atoms with Gasteiger partial charge in [0.15, 0.2) is 0 Å². The van der Waals surface area contributed by atoms with Crippen LogP contribution in [0.5, 0.6) is 0 Å². The first-order valence-corrected chi connectivity index (χ1v) is 12.2. The predicted molar refractivity (Wildman–Crippen MR) is 143 cm³/mol. The molecular weight excluding hydrogens is 484 g/mol. The van der Waals surface area contributed by atoms with Crippen molar-refractivity contribution >= 4 is 29.1 Å². The third-order valence-corrected chi connectivity index (χ3v) is 6.57. The summed E-state index contributed by atoms with van der Waals surface area (Å²) in [6.07, 6.45) is 2.70. The second kappa shape index (κ2) is 11.7. The molecule has 196 valence electrons. The lowest BCUT2D eigenvalue weighted by Gasteiger charge is -2.17. The SMILES string of the molecule is COC(=O)/C=C(\C)N1CC(c2ccccc2)C(C(=O)C2=NN(/C(C)=C/C(=O)OC)CC2c2ccccc2)=N1. The summed E-state index contributed by atoms with van der Waals surface area (Å²) in [6, 6.07) is 19.3. The molecule has 0 spiro atoms. The van der Waals surface area contributed by atoms with Crippen LogP contribution in [0.2, 0.25) is 0 Å². The molecule has 9 nitrogen and oxygen atoms in total. The molecule has 0 aliphatic carbocycles. The Bertz CT molecular complexity index is 1230. The summed E-state index contributed by atoms with van der Waals surface area (Å²) >= 11 is 0. The van der Waals surface area contributed by atoms with Crippen LogP contribution in [0.3, 0.4) is 0 Å². The Morgan fingerprint density at radius 1 is 0.711 bits per heavy atom. The van der Waals surface area contributed by atoms with Crippen LogP contribution < -0.4 is 0 Å². The third kappa shape index (κ3) is 5.72. The number of rotatable bonds is 8. The van der Waals surface area contributed by atoms with Crippen molar-refractivity contribution in [3.05, 3.63) is 95.3 Å². The molecule has 0 saturated carbocycles. The highest BCUT2D eigenvalue weighted by atomic mass is 16.5. The van der Waals surface area contributed by atoms with Crippen LogP contribution in [-0.2, 0) is 23.9 Å².